The number of hydrogen-bond acceptors (Lipinski definition) is 5. The third-order valence-corrected chi connectivity index (χ3v) is 3.58. The number of amides is 1. The topological polar surface area (TPSA) is 109 Å². The highest BCUT2D eigenvalue weighted by molar-refractivity contribution is 6.04. The lowest BCUT2D eigenvalue weighted by atomic mass is 10.1. The average Bonchev–Trinajstić information content (AvgIpc) is 2.94. The number of anilines is 1. The molecule has 1 fully saturated rings. The Bertz CT molecular complexity index is 752. The van der Waals surface area contributed by atoms with Crippen LogP contribution in [0.1, 0.15) is 22.5 Å². The number of nitrogens with one attached hydrogen (secondary N) is 2. The number of carboxylic acids is 1. The molecule has 3 heterocycles. The monoisotopic (exact) mass is 289 g/mol. The highest BCUT2D eigenvalue weighted by Crippen LogP contribution is 2.29. The van der Waals surface area contributed by atoms with E-state index >= 15 is 0 Å². The van der Waals surface area contributed by atoms with Crippen LogP contribution in [0.2, 0.25) is 0 Å². The Hall–Kier alpha value is -2.64. The van der Waals surface area contributed by atoms with Gasteiger partial charge in [0.1, 0.15) is 5.56 Å². The van der Waals surface area contributed by atoms with Gasteiger partial charge in [0.25, 0.3) is 0 Å². The quantitative estimate of drug-likeness (QED) is 0.748. The summed E-state index contributed by atoms with van der Waals surface area (Å²) in [6.45, 7) is 2.28. The van der Waals surface area contributed by atoms with Crippen molar-refractivity contribution in [3.05, 3.63) is 17.5 Å². The van der Waals surface area contributed by atoms with Gasteiger partial charge in [-0.25, -0.2) is 9.78 Å². The molecule has 1 unspecified atom stereocenters. The van der Waals surface area contributed by atoms with E-state index in [1.54, 1.807) is 18.7 Å². The summed E-state index contributed by atoms with van der Waals surface area (Å²) < 4.78 is 1.61. The van der Waals surface area contributed by atoms with Crippen molar-refractivity contribution in [2.75, 3.05) is 11.9 Å². The summed E-state index contributed by atoms with van der Waals surface area (Å²) in [6, 6.07) is -0.138. The zero-order valence-corrected chi connectivity index (χ0v) is 11.7. The standard InChI is InChI=1S/C13H15N5O3/c1-6-10-11(16-7-3-9(19)14-4-7)8(13(20)21)5-15-12(10)18(2)17-6/h5,7H,3-4H2,1-2H3,(H,14,19)(H,15,16)(H,20,21). The molecule has 0 aliphatic carbocycles. The van der Waals surface area contributed by atoms with Crippen molar-refractivity contribution < 1.29 is 14.7 Å². The average molecular weight is 289 g/mol. The first kappa shape index (κ1) is 13.3. The Morgan fingerprint density at radius 3 is 2.95 bits per heavy atom. The number of aromatic nitrogens is 3. The van der Waals surface area contributed by atoms with Gasteiger partial charge in [0, 0.05) is 26.2 Å². The molecule has 8 nitrogen and oxygen atoms in total. The number of rotatable bonds is 3. The summed E-state index contributed by atoms with van der Waals surface area (Å²) in [7, 11) is 1.76. The summed E-state index contributed by atoms with van der Waals surface area (Å²) in [4.78, 5) is 26.9. The van der Waals surface area contributed by atoms with Gasteiger partial charge >= 0.3 is 5.97 Å². The number of carboxylic acid groups (broad SMARTS) is 1. The molecule has 0 saturated carbocycles. The molecule has 8 heteroatoms. The highest BCUT2D eigenvalue weighted by Gasteiger charge is 2.26. The summed E-state index contributed by atoms with van der Waals surface area (Å²) in [5.74, 6) is -1.11. The molecule has 0 radical (unpaired) electrons. The zero-order chi connectivity index (χ0) is 15.1. The lowest BCUT2D eigenvalue weighted by Gasteiger charge is -2.15. The molecule has 1 aliphatic rings. The molecule has 1 amide bonds. The van der Waals surface area contributed by atoms with Gasteiger partial charge in [-0.3, -0.25) is 9.48 Å². The molecule has 3 rings (SSSR count). The van der Waals surface area contributed by atoms with Crippen molar-refractivity contribution in [1.82, 2.24) is 20.1 Å². The summed E-state index contributed by atoms with van der Waals surface area (Å²) in [5.41, 5.74) is 1.86. The molecule has 2 aromatic rings. The molecular weight excluding hydrogens is 274 g/mol. The number of aryl methyl sites for hydroxylation is 2. The van der Waals surface area contributed by atoms with Crippen LogP contribution in [0.5, 0.6) is 0 Å². The Kier molecular flexibility index (Phi) is 3.00. The minimum absolute atomic E-state index is 0.0439. The van der Waals surface area contributed by atoms with Crippen LogP contribution in [-0.4, -0.2) is 44.3 Å². The van der Waals surface area contributed by atoms with Crippen LogP contribution in [0.4, 0.5) is 5.69 Å². The lowest BCUT2D eigenvalue weighted by Crippen LogP contribution is -2.24. The SMILES string of the molecule is Cc1nn(C)c2ncc(C(=O)O)c(NC3CNC(=O)C3)c12. The Labute approximate surface area is 120 Å². The van der Waals surface area contributed by atoms with Gasteiger partial charge in [0.05, 0.1) is 22.8 Å². The van der Waals surface area contributed by atoms with Crippen LogP contribution in [-0.2, 0) is 11.8 Å². The van der Waals surface area contributed by atoms with E-state index < -0.39 is 5.97 Å². The van der Waals surface area contributed by atoms with E-state index in [9.17, 15) is 14.7 Å². The van der Waals surface area contributed by atoms with Crippen molar-refractivity contribution in [1.29, 1.82) is 0 Å². The molecule has 110 valence electrons. The van der Waals surface area contributed by atoms with Crippen LogP contribution in [0.15, 0.2) is 6.20 Å². The molecule has 1 aliphatic heterocycles. The van der Waals surface area contributed by atoms with E-state index in [4.69, 9.17) is 0 Å². The van der Waals surface area contributed by atoms with E-state index in [2.05, 4.69) is 20.7 Å². The van der Waals surface area contributed by atoms with Crippen molar-refractivity contribution in [3.8, 4) is 0 Å². The van der Waals surface area contributed by atoms with E-state index in [0.717, 1.165) is 0 Å². The molecule has 0 spiro atoms. The van der Waals surface area contributed by atoms with Crippen molar-refractivity contribution in [2.45, 2.75) is 19.4 Å². The van der Waals surface area contributed by atoms with Gasteiger partial charge in [-0.05, 0) is 6.92 Å². The Balaban J connectivity index is 2.14. The molecule has 1 saturated heterocycles. The molecule has 0 bridgehead atoms. The van der Waals surface area contributed by atoms with Crippen LogP contribution in [0, 0.1) is 6.92 Å². The number of fused-ring (bicyclic) bond motifs is 1. The van der Waals surface area contributed by atoms with Crippen molar-refractivity contribution in [2.24, 2.45) is 7.05 Å². The Morgan fingerprint density at radius 2 is 2.33 bits per heavy atom. The van der Waals surface area contributed by atoms with Crippen LogP contribution >= 0.6 is 0 Å². The fourth-order valence-corrected chi connectivity index (χ4v) is 2.64. The second-order valence-electron chi connectivity index (χ2n) is 5.11. The van der Waals surface area contributed by atoms with Crippen molar-refractivity contribution in [3.63, 3.8) is 0 Å². The summed E-state index contributed by atoms with van der Waals surface area (Å²) in [6.07, 6.45) is 1.64. The maximum atomic E-state index is 11.4. The molecular formula is C13H15N5O3. The van der Waals surface area contributed by atoms with Gasteiger partial charge in [-0.1, -0.05) is 0 Å². The largest absolute Gasteiger partial charge is 0.478 e. The predicted molar refractivity (Wildman–Crippen MR) is 75.2 cm³/mol. The summed E-state index contributed by atoms with van der Waals surface area (Å²) in [5, 5.41) is 20.2. The van der Waals surface area contributed by atoms with Gasteiger partial charge < -0.3 is 15.7 Å². The molecule has 21 heavy (non-hydrogen) atoms. The maximum Gasteiger partial charge on any atom is 0.339 e. The third kappa shape index (κ3) is 2.18. The first-order valence-corrected chi connectivity index (χ1v) is 6.56. The second kappa shape index (κ2) is 4.72. The molecule has 0 aromatic carbocycles. The number of aromatic carboxylic acids is 1. The number of carbonyl (C=O) groups excluding carboxylic acids is 1. The lowest BCUT2D eigenvalue weighted by molar-refractivity contribution is -0.119. The Morgan fingerprint density at radius 1 is 1.57 bits per heavy atom. The smallest absolute Gasteiger partial charge is 0.339 e. The highest BCUT2D eigenvalue weighted by atomic mass is 16.4. The number of nitrogens with zero attached hydrogens (tertiary/aromatic N) is 3. The second-order valence-corrected chi connectivity index (χ2v) is 5.11. The minimum atomic E-state index is -1.06. The third-order valence-electron chi connectivity index (χ3n) is 3.58. The van der Waals surface area contributed by atoms with Crippen LogP contribution < -0.4 is 10.6 Å². The van der Waals surface area contributed by atoms with E-state index in [0.29, 0.717) is 35.4 Å². The van der Waals surface area contributed by atoms with Gasteiger partial charge in [-0.15, -0.1) is 0 Å². The molecule has 2 aromatic heterocycles. The fourth-order valence-electron chi connectivity index (χ4n) is 2.64. The maximum absolute atomic E-state index is 11.4. The predicted octanol–water partition coefficient (Wildman–Crippen LogP) is 0.275. The van der Waals surface area contributed by atoms with Gasteiger partial charge in [-0.2, -0.15) is 5.10 Å². The fraction of sp³-hybridized carbons (Fsp3) is 0.385. The zero-order valence-electron chi connectivity index (χ0n) is 11.7. The van der Waals surface area contributed by atoms with Gasteiger partial charge in [0.2, 0.25) is 5.91 Å². The first-order chi connectivity index (χ1) is 9.97. The van der Waals surface area contributed by atoms with E-state index in [-0.39, 0.29) is 17.5 Å². The number of hydrogen-bond donors (Lipinski definition) is 3. The number of pyridine rings is 1. The van der Waals surface area contributed by atoms with Gasteiger partial charge in [0.15, 0.2) is 5.65 Å². The van der Waals surface area contributed by atoms with Crippen LogP contribution in [0.25, 0.3) is 11.0 Å². The number of carbonyl (C=O) groups is 2. The van der Waals surface area contributed by atoms with Crippen molar-refractivity contribution >= 4 is 28.6 Å². The normalized spacial score (nSPS) is 18.0. The minimum Gasteiger partial charge on any atom is -0.478 e. The molecule has 1 atom stereocenters. The molecule has 3 N–H and O–H groups in total. The first-order valence-electron chi connectivity index (χ1n) is 6.56. The van der Waals surface area contributed by atoms with E-state index in [1.807, 2.05) is 0 Å². The van der Waals surface area contributed by atoms with Crippen LogP contribution in [0.3, 0.4) is 0 Å². The summed E-state index contributed by atoms with van der Waals surface area (Å²) >= 11 is 0. The van der Waals surface area contributed by atoms with E-state index in [1.165, 1.54) is 6.20 Å².